The molecular formula is C11H16Cl2N2O. The molecule has 0 saturated heterocycles. The molecule has 0 aliphatic heterocycles. The fourth-order valence-electron chi connectivity index (χ4n) is 1.34. The predicted octanol–water partition coefficient (Wildman–Crippen LogP) is 2.59. The summed E-state index contributed by atoms with van der Waals surface area (Å²) in [6, 6.07) is 3.60. The van der Waals surface area contributed by atoms with Gasteiger partial charge >= 0.3 is 0 Å². The molecule has 0 spiro atoms. The summed E-state index contributed by atoms with van der Waals surface area (Å²) < 4.78 is 0. The first-order valence-electron chi connectivity index (χ1n) is 5.16. The largest absolute Gasteiger partial charge is 0.393 e. The Labute approximate surface area is 106 Å². The summed E-state index contributed by atoms with van der Waals surface area (Å²) >= 11 is 11.7. The maximum Gasteiger partial charge on any atom is 0.135 e. The molecule has 0 aromatic carbocycles. The van der Waals surface area contributed by atoms with Crippen molar-refractivity contribution >= 4 is 23.2 Å². The van der Waals surface area contributed by atoms with Gasteiger partial charge in [-0.3, -0.25) is 0 Å². The highest BCUT2D eigenvalue weighted by Crippen LogP contribution is 2.17. The van der Waals surface area contributed by atoms with Crippen LogP contribution in [0.3, 0.4) is 0 Å². The Kier molecular flexibility index (Phi) is 5.49. The molecule has 0 aliphatic rings. The topological polar surface area (TPSA) is 36.4 Å². The third-order valence-corrected chi connectivity index (χ3v) is 2.80. The molecule has 1 rings (SSSR count). The maximum atomic E-state index is 9.18. The number of aliphatic hydroxyl groups excluding tert-OH is 1. The van der Waals surface area contributed by atoms with Crippen LogP contribution in [0.4, 0.5) is 0 Å². The summed E-state index contributed by atoms with van der Waals surface area (Å²) in [5, 5.41) is 10.0. The Morgan fingerprint density at radius 1 is 1.44 bits per heavy atom. The SMILES string of the molecule is CC(O)CCN(C)Cc1ccc(Cl)nc1Cl. The molecule has 1 aromatic heterocycles. The van der Waals surface area contributed by atoms with E-state index in [1.54, 1.807) is 13.0 Å². The van der Waals surface area contributed by atoms with Gasteiger partial charge in [0.25, 0.3) is 0 Å². The van der Waals surface area contributed by atoms with E-state index in [0.29, 0.717) is 16.9 Å². The molecule has 3 nitrogen and oxygen atoms in total. The lowest BCUT2D eigenvalue weighted by atomic mass is 10.2. The molecule has 1 atom stereocenters. The maximum absolute atomic E-state index is 9.18. The van der Waals surface area contributed by atoms with Gasteiger partial charge in [-0.2, -0.15) is 0 Å². The van der Waals surface area contributed by atoms with Crippen LogP contribution in [0.1, 0.15) is 18.9 Å². The molecule has 1 N–H and O–H groups in total. The van der Waals surface area contributed by atoms with Gasteiger partial charge in [0.1, 0.15) is 10.3 Å². The highest BCUT2D eigenvalue weighted by atomic mass is 35.5. The molecule has 0 fully saturated rings. The van der Waals surface area contributed by atoms with Crippen LogP contribution in [-0.2, 0) is 6.54 Å². The average Bonchev–Trinajstić information content (AvgIpc) is 2.19. The van der Waals surface area contributed by atoms with Crippen LogP contribution in [0.25, 0.3) is 0 Å². The van der Waals surface area contributed by atoms with Crippen LogP contribution in [0, 0.1) is 0 Å². The molecule has 0 aliphatic carbocycles. The minimum absolute atomic E-state index is 0.277. The van der Waals surface area contributed by atoms with Gasteiger partial charge in [-0.15, -0.1) is 0 Å². The van der Waals surface area contributed by atoms with Crippen molar-refractivity contribution in [1.82, 2.24) is 9.88 Å². The molecule has 0 saturated carbocycles. The van der Waals surface area contributed by atoms with Crippen molar-refractivity contribution in [1.29, 1.82) is 0 Å². The van der Waals surface area contributed by atoms with E-state index in [-0.39, 0.29) is 6.10 Å². The van der Waals surface area contributed by atoms with Crippen LogP contribution >= 0.6 is 23.2 Å². The lowest BCUT2D eigenvalue weighted by molar-refractivity contribution is 0.163. The zero-order valence-electron chi connectivity index (χ0n) is 9.45. The van der Waals surface area contributed by atoms with Gasteiger partial charge in [-0.25, -0.2) is 4.98 Å². The fourth-order valence-corrected chi connectivity index (χ4v) is 1.74. The normalized spacial score (nSPS) is 13.1. The second kappa shape index (κ2) is 6.40. The van der Waals surface area contributed by atoms with Crippen molar-refractivity contribution in [2.24, 2.45) is 0 Å². The third kappa shape index (κ3) is 4.66. The van der Waals surface area contributed by atoms with Crippen LogP contribution in [-0.4, -0.2) is 34.7 Å². The minimum Gasteiger partial charge on any atom is -0.393 e. The first kappa shape index (κ1) is 13.7. The van der Waals surface area contributed by atoms with Gasteiger partial charge in [0.05, 0.1) is 6.10 Å². The van der Waals surface area contributed by atoms with E-state index in [4.69, 9.17) is 23.2 Å². The number of nitrogens with zero attached hydrogens (tertiary/aromatic N) is 2. The second-order valence-corrected chi connectivity index (χ2v) is 4.70. The van der Waals surface area contributed by atoms with E-state index in [1.807, 2.05) is 13.1 Å². The molecule has 0 bridgehead atoms. The van der Waals surface area contributed by atoms with E-state index in [0.717, 1.165) is 18.5 Å². The van der Waals surface area contributed by atoms with Crippen molar-refractivity contribution in [3.8, 4) is 0 Å². The van der Waals surface area contributed by atoms with E-state index in [1.165, 1.54) is 0 Å². The van der Waals surface area contributed by atoms with E-state index >= 15 is 0 Å². The Balaban J connectivity index is 2.52. The number of pyridine rings is 1. The first-order valence-corrected chi connectivity index (χ1v) is 5.92. The van der Waals surface area contributed by atoms with Crippen LogP contribution in [0.2, 0.25) is 10.3 Å². The standard InChI is InChI=1S/C11H16Cl2N2O/c1-8(16)5-6-15(2)7-9-3-4-10(12)14-11(9)13/h3-4,8,16H,5-7H2,1-2H3. The molecule has 16 heavy (non-hydrogen) atoms. The Hall–Kier alpha value is -0.350. The molecule has 1 unspecified atom stereocenters. The fraction of sp³-hybridized carbons (Fsp3) is 0.545. The Morgan fingerprint density at radius 2 is 2.12 bits per heavy atom. The van der Waals surface area contributed by atoms with Crippen molar-refractivity contribution in [2.45, 2.75) is 26.0 Å². The van der Waals surface area contributed by atoms with Gasteiger partial charge in [0.2, 0.25) is 0 Å². The number of hydrogen-bond donors (Lipinski definition) is 1. The summed E-state index contributed by atoms with van der Waals surface area (Å²) in [6.07, 6.45) is 0.469. The lowest BCUT2D eigenvalue weighted by Crippen LogP contribution is -2.22. The average molecular weight is 263 g/mol. The van der Waals surface area contributed by atoms with E-state index < -0.39 is 0 Å². The van der Waals surface area contributed by atoms with Gasteiger partial charge in [0, 0.05) is 18.7 Å². The summed E-state index contributed by atoms with van der Waals surface area (Å²) in [6.45, 7) is 3.30. The number of aromatic nitrogens is 1. The van der Waals surface area contributed by atoms with Crippen LogP contribution in [0.5, 0.6) is 0 Å². The lowest BCUT2D eigenvalue weighted by Gasteiger charge is -2.17. The zero-order valence-corrected chi connectivity index (χ0v) is 11.0. The highest BCUT2D eigenvalue weighted by Gasteiger charge is 2.07. The number of aliphatic hydroxyl groups is 1. The molecule has 0 radical (unpaired) electrons. The molecule has 1 heterocycles. The third-order valence-electron chi connectivity index (χ3n) is 2.26. The number of hydrogen-bond acceptors (Lipinski definition) is 3. The molecule has 5 heteroatoms. The molecule has 1 aromatic rings. The van der Waals surface area contributed by atoms with Crippen molar-refractivity contribution < 1.29 is 5.11 Å². The van der Waals surface area contributed by atoms with Gasteiger partial charge in [-0.1, -0.05) is 29.3 Å². The van der Waals surface area contributed by atoms with Gasteiger partial charge in [-0.05, 0) is 26.5 Å². The summed E-state index contributed by atoms with van der Waals surface area (Å²) in [5.74, 6) is 0. The van der Waals surface area contributed by atoms with E-state index in [2.05, 4.69) is 9.88 Å². The Bertz CT molecular complexity index is 345. The van der Waals surface area contributed by atoms with Gasteiger partial charge in [0.15, 0.2) is 0 Å². The molecular weight excluding hydrogens is 247 g/mol. The monoisotopic (exact) mass is 262 g/mol. The van der Waals surface area contributed by atoms with E-state index in [9.17, 15) is 5.11 Å². The predicted molar refractivity (Wildman–Crippen MR) is 66.9 cm³/mol. The van der Waals surface area contributed by atoms with Gasteiger partial charge < -0.3 is 10.0 Å². The smallest absolute Gasteiger partial charge is 0.135 e. The van der Waals surface area contributed by atoms with Crippen molar-refractivity contribution in [3.63, 3.8) is 0 Å². The Morgan fingerprint density at radius 3 is 2.69 bits per heavy atom. The zero-order chi connectivity index (χ0) is 12.1. The first-order chi connectivity index (χ1) is 7.49. The minimum atomic E-state index is -0.277. The van der Waals surface area contributed by atoms with Crippen LogP contribution in [0.15, 0.2) is 12.1 Å². The molecule has 0 amide bonds. The number of rotatable bonds is 5. The summed E-state index contributed by atoms with van der Waals surface area (Å²) in [5.41, 5.74) is 0.944. The summed E-state index contributed by atoms with van der Waals surface area (Å²) in [7, 11) is 1.98. The molecule has 90 valence electrons. The van der Waals surface area contributed by atoms with Crippen molar-refractivity contribution in [2.75, 3.05) is 13.6 Å². The highest BCUT2D eigenvalue weighted by molar-refractivity contribution is 6.32. The quantitative estimate of drug-likeness (QED) is 0.829. The number of halogens is 2. The summed E-state index contributed by atoms with van der Waals surface area (Å²) in [4.78, 5) is 6.06. The second-order valence-electron chi connectivity index (χ2n) is 3.96. The van der Waals surface area contributed by atoms with Crippen LogP contribution < -0.4 is 0 Å². The van der Waals surface area contributed by atoms with Crippen molar-refractivity contribution in [3.05, 3.63) is 28.0 Å².